The van der Waals surface area contributed by atoms with Gasteiger partial charge in [0, 0.05) is 0 Å². The molecule has 0 spiro atoms. The van der Waals surface area contributed by atoms with Gasteiger partial charge in [-0.1, -0.05) is 0 Å². The Balaban J connectivity index is 2.10. The predicted molar refractivity (Wildman–Crippen MR) is 75.2 cm³/mol. The number of nitro benzene ring substituents is 1. The first-order valence-corrected chi connectivity index (χ1v) is 10.4. The molecule has 1 aliphatic heterocycles. The van der Waals surface area contributed by atoms with E-state index < -0.39 is 27.8 Å². The van der Waals surface area contributed by atoms with Crippen LogP contribution in [0.25, 0.3) is 0 Å². The number of nitrogens with zero attached hydrogens (tertiary/aromatic N) is 1. The van der Waals surface area contributed by atoms with Crippen molar-refractivity contribution in [2.75, 3.05) is 5.32 Å². The molecule has 1 amide bonds. The Hall–Kier alpha value is -1.82. The first-order valence-electron chi connectivity index (χ1n) is 5.69. The van der Waals surface area contributed by atoms with Gasteiger partial charge in [-0.25, -0.2) is 0 Å². The molecule has 0 aliphatic carbocycles. The summed E-state index contributed by atoms with van der Waals surface area (Å²) in [6.07, 6.45) is 1.92. The summed E-state index contributed by atoms with van der Waals surface area (Å²) in [6, 6.07) is 5.84. The van der Waals surface area contributed by atoms with Crippen molar-refractivity contribution >= 4 is 40.2 Å². The van der Waals surface area contributed by atoms with E-state index in [0.29, 0.717) is 11.3 Å². The van der Waals surface area contributed by atoms with E-state index >= 15 is 0 Å². The molecule has 5 nitrogen and oxygen atoms in total. The molecule has 2 rings (SSSR count). The Bertz CT molecular complexity index is 620. The first-order chi connectivity index (χ1) is 9.08. The molecule has 19 heavy (non-hydrogen) atoms. The predicted octanol–water partition coefficient (Wildman–Crippen LogP) is 1.94. The second kappa shape index (κ2) is 5.88. The van der Waals surface area contributed by atoms with Gasteiger partial charge in [0.1, 0.15) is 0 Å². The molecule has 94 valence electrons. The maximum atomic E-state index is 11.9. The number of nitro groups is 1. The Morgan fingerprint density at radius 3 is 2.84 bits per heavy atom. The Morgan fingerprint density at radius 2 is 2.21 bits per heavy atom. The van der Waals surface area contributed by atoms with E-state index in [2.05, 4.69) is 19.6 Å². The van der Waals surface area contributed by atoms with E-state index in [9.17, 15) is 14.9 Å². The zero-order valence-corrected chi connectivity index (χ0v) is 14.2. The van der Waals surface area contributed by atoms with Gasteiger partial charge in [0.15, 0.2) is 0 Å². The van der Waals surface area contributed by atoms with Gasteiger partial charge in [-0.05, 0) is 0 Å². The van der Waals surface area contributed by atoms with Crippen molar-refractivity contribution < 1.29 is 9.72 Å². The van der Waals surface area contributed by atoms with E-state index in [0.717, 1.165) is 5.57 Å². The number of allylic oxidation sites excluding steroid dienone is 1. The van der Waals surface area contributed by atoms with Gasteiger partial charge >= 0.3 is 121 Å². The molecule has 0 saturated carbocycles. The third-order valence-corrected chi connectivity index (χ3v) is 6.09. The first kappa shape index (κ1) is 13.6. The minimum absolute atomic E-state index is 0.0559. The van der Waals surface area contributed by atoms with Crippen LogP contribution in [0.4, 0.5) is 11.4 Å². The van der Waals surface area contributed by atoms with Crippen LogP contribution in [-0.2, 0) is 4.79 Å². The third-order valence-electron chi connectivity index (χ3n) is 2.71. The van der Waals surface area contributed by atoms with E-state index in [1.54, 1.807) is 6.07 Å². The number of carbonyl (C=O) groups is 1. The molecular weight excluding hydrogens is 347 g/mol. The molecule has 1 aromatic carbocycles. The second-order valence-electron chi connectivity index (χ2n) is 4.04. The topological polar surface area (TPSA) is 72.2 Å². The Kier molecular flexibility index (Phi) is 4.21. The summed E-state index contributed by atoms with van der Waals surface area (Å²) in [4.78, 5) is 22.1. The van der Waals surface area contributed by atoms with Gasteiger partial charge in [-0.3, -0.25) is 0 Å². The maximum absolute atomic E-state index is 11.9. The molecule has 0 bridgehead atoms. The fourth-order valence-corrected chi connectivity index (χ4v) is 5.03. The Morgan fingerprint density at radius 1 is 1.42 bits per heavy atom. The van der Waals surface area contributed by atoms with Crippen LogP contribution in [0, 0.1) is 10.1 Å². The number of nitrogens with one attached hydrogen (secondary N) is 1. The molecular formula is C13H11InN2O3. The number of anilines is 1. The third kappa shape index (κ3) is 3.35. The van der Waals surface area contributed by atoms with Crippen molar-refractivity contribution in [3.8, 4) is 0 Å². The number of carbonyl (C=O) groups excluding carboxylic acids is 1. The second-order valence-corrected chi connectivity index (χ2v) is 7.89. The van der Waals surface area contributed by atoms with Crippen LogP contribution in [0.3, 0.4) is 0 Å². The molecule has 0 fully saturated rings. The monoisotopic (exact) mass is 358 g/mol. The molecule has 1 N–H and O–H groups in total. The molecule has 1 aromatic rings. The average molecular weight is 358 g/mol. The summed E-state index contributed by atoms with van der Waals surface area (Å²) >= 11 is -0.918. The zero-order valence-electron chi connectivity index (χ0n) is 10.1. The van der Waals surface area contributed by atoms with Crippen molar-refractivity contribution in [1.29, 1.82) is 0 Å². The van der Waals surface area contributed by atoms with Crippen LogP contribution in [-0.4, -0.2) is 33.7 Å². The molecule has 0 saturated heterocycles. The fraction of sp³-hybridized carbons (Fsp3) is 0. The summed E-state index contributed by atoms with van der Waals surface area (Å²) in [5.74, 6) is -0.329. The van der Waals surface area contributed by atoms with Crippen molar-refractivity contribution in [2.45, 2.75) is 0 Å². The van der Waals surface area contributed by atoms with Gasteiger partial charge in [-0.15, -0.1) is 0 Å². The molecule has 0 unspecified atom stereocenters. The van der Waals surface area contributed by atoms with Crippen LogP contribution in [0.1, 0.15) is 0 Å². The standard InChI is InChI=1S/C13H10N2O3.In.H/c1-4-9(2)10(3)13(16)14-11-6-5-7-12(8-11)15(17)18;;/h1-2,4-8H,3H2,(H,14,16);;. The normalized spacial score (nSPS) is 12.5. The summed E-state index contributed by atoms with van der Waals surface area (Å²) in [5, 5.41) is 13.3. The van der Waals surface area contributed by atoms with Crippen molar-refractivity contribution in [3.05, 3.63) is 65.8 Å². The number of hydrogen-bond donors (Lipinski definition) is 1. The number of hydrogen-bond acceptors (Lipinski definition) is 3. The molecule has 6 heteroatoms. The van der Waals surface area contributed by atoms with Crippen LogP contribution < -0.4 is 5.32 Å². The van der Waals surface area contributed by atoms with E-state index in [4.69, 9.17) is 0 Å². The van der Waals surface area contributed by atoms with Crippen LogP contribution in [0.2, 0.25) is 0 Å². The van der Waals surface area contributed by atoms with Crippen molar-refractivity contribution in [2.24, 2.45) is 0 Å². The molecule has 0 atom stereocenters. The summed E-state index contributed by atoms with van der Waals surface area (Å²) in [6.45, 7) is 3.76. The summed E-state index contributed by atoms with van der Waals surface area (Å²) in [5.41, 5.74) is 1.61. The summed E-state index contributed by atoms with van der Waals surface area (Å²) < 4.78 is 4.25. The van der Waals surface area contributed by atoms with Gasteiger partial charge in [-0.2, -0.15) is 0 Å². The Labute approximate surface area is 121 Å². The van der Waals surface area contributed by atoms with Crippen LogP contribution in [0.15, 0.2) is 55.7 Å². The molecule has 0 aromatic heterocycles. The van der Waals surface area contributed by atoms with Crippen LogP contribution >= 0.6 is 0 Å². The average Bonchev–Trinajstić information content (AvgIpc) is 2.92. The van der Waals surface area contributed by atoms with Crippen molar-refractivity contribution in [1.82, 2.24) is 0 Å². The number of benzene rings is 1. The van der Waals surface area contributed by atoms with E-state index in [1.807, 2.05) is 6.08 Å². The minimum atomic E-state index is -0.918. The van der Waals surface area contributed by atoms with Gasteiger partial charge in [0.2, 0.25) is 0 Å². The number of amides is 1. The summed E-state index contributed by atoms with van der Waals surface area (Å²) in [7, 11) is 0. The molecule has 1 heterocycles. The fourth-order valence-electron chi connectivity index (χ4n) is 1.72. The van der Waals surface area contributed by atoms with Crippen molar-refractivity contribution in [3.63, 3.8) is 0 Å². The zero-order chi connectivity index (χ0) is 13.8. The van der Waals surface area contributed by atoms with E-state index in [-0.39, 0.29) is 11.6 Å². The molecule has 1 aliphatic rings. The SMILES string of the molecule is C=C(C(=O)Nc1cccc([N+](=O)[O-])c1)C1=[CH][InH][CH]=C1. The van der Waals surface area contributed by atoms with Crippen LogP contribution in [0.5, 0.6) is 0 Å². The quantitative estimate of drug-likeness (QED) is 0.508. The molecule has 0 radical (unpaired) electrons. The number of non-ortho nitro benzene ring substituents is 1. The van der Waals surface area contributed by atoms with Gasteiger partial charge in [0.25, 0.3) is 0 Å². The number of rotatable bonds is 4. The van der Waals surface area contributed by atoms with Gasteiger partial charge < -0.3 is 0 Å². The van der Waals surface area contributed by atoms with E-state index in [1.165, 1.54) is 18.2 Å². The van der Waals surface area contributed by atoms with Gasteiger partial charge in [0.05, 0.1) is 0 Å².